The molecule has 0 aliphatic heterocycles. The highest BCUT2D eigenvalue weighted by molar-refractivity contribution is 5.50. The predicted octanol–water partition coefficient (Wildman–Crippen LogP) is 1.18. The van der Waals surface area contributed by atoms with Crippen molar-refractivity contribution in [3.05, 3.63) is 24.3 Å². The molecule has 0 aliphatic rings. The first-order valence-corrected chi connectivity index (χ1v) is 4.52. The molecule has 1 aromatic rings. The molecule has 0 saturated heterocycles. The van der Waals surface area contributed by atoms with Crippen molar-refractivity contribution < 1.29 is 5.11 Å². The molecule has 0 spiro atoms. The van der Waals surface area contributed by atoms with Crippen LogP contribution in [0.25, 0.3) is 0 Å². The number of nitrogens with two attached hydrogens (primary N) is 1. The van der Waals surface area contributed by atoms with Crippen LogP contribution in [0.4, 0.5) is 5.69 Å². The fourth-order valence-electron chi connectivity index (χ4n) is 1.32. The molecule has 0 amide bonds. The van der Waals surface area contributed by atoms with Crippen molar-refractivity contribution in [2.75, 3.05) is 24.5 Å². The van der Waals surface area contributed by atoms with Gasteiger partial charge in [0.15, 0.2) is 0 Å². The lowest BCUT2D eigenvalue weighted by Crippen LogP contribution is -2.28. The van der Waals surface area contributed by atoms with Gasteiger partial charge in [0.1, 0.15) is 5.75 Å². The number of phenolic OH excluding ortho intramolecular Hbond substituents is 1. The minimum atomic E-state index is 0.299. The fourth-order valence-corrected chi connectivity index (χ4v) is 1.32. The van der Waals surface area contributed by atoms with E-state index < -0.39 is 0 Å². The van der Waals surface area contributed by atoms with E-state index in [9.17, 15) is 5.11 Å². The van der Waals surface area contributed by atoms with Crippen LogP contribution < -0.4 is 10.6 Å². The van der Waals surface area contributed by atoms with Crippen molar-refractivity contribution in [2.24, 2.45) is 5.73 Å². The first-order chi connectivity index (χ1) is 6.27. The van der Waals surface area contributed by atoms with Crippen LogP contribution in [0.5, 0.6) is 5.75 Å². The molecule has 0 aromatic heterocycles. The summed E-state index contributed by atoms with van der Waals surface area (Å²) in [6.45, 7) is 4.42. The maximum Gasteiger partial charge on any atom is 0.117 e. The summed E-state index contributed by atoms with van der Waals surface area (Å²) in [5.41, 5.74) is 6.50. The highest BCUT2D eigenvalue weighted by Gasteiger charge is 2.02. The fraction of sp³-hybridized carbons (Fsp3) is 0.400. The van der Waals surface area contributed by atoms with Gasteiger partial charge in [-0.15, -0.1) is 0 Å². The molecule has 13 heavy (non-hydrogen) atoms. The Hall–Kier alpha value is -1.22. The van der Waals surface area contributed by atoms with Crippen LogP contribution in [0, 0.1) is 0 Å². The Morgan fingerprint density at radius 3 is 2.77 bits per heavy atom. The molecule has 0 radical (unpaired) electrons. The summed E-state index contributed by atoms with van der Waals surface area (Å²) in [5.74, 6) is 0.299. The van der Waals surface area contributed by atoms with Crippen molar-refractivity contribution in [3.63, 3.8) is 0 Å². The van der Waals surface area contributed by atoms with E-state index in [2.05, 4.69) is 11.8 Å². The Balaban J connectivity index is 2.78. The average Bonchev–Trinajstić information content (AvgIpc) is 2.14. The van der Waals surface area contributed by atoms with Crippen LogP contribution in [0.15, 0.2) is 24.3 Å². The van der Waals surface area contributed by atoms with E-state index in [4.69, 9.17) is 5.73 Å². The Labute approximate surface area is 78.8 Å². The average molecular weight is 180 g/mol. The molecule has 3 heteroatoms. The maximum atomic E-state index is 9.27. The molecule has 0 heterocycles. The number of hydrogen-bond acceptors (Lipinski definition) is 3. The summed E-state index contributed by atoms with van der Waals surface area (Å²) >= 11 is 0. The molecule has 72 valence electrons. The lowest BCUT2D eigenvalue weighted by atomic mass is 10.2. The molecule has 0 saturated carbocycles. The van der Waals surface area contributed by atoms with Gasteiger partial charge in [-0.3, -0.25) is 0 Å². The number of anilines is 1. The quantitative estimate of drug-likeness (QED) is 0.731. The molecular formula is C10H16N2O. The lowest BCUT2D eigenvalue weighted by Gasteiger charge is -2.22. The number of rotatable bonds is 4. The third-order valence-electron chi connectivity index (χ3n) is 1.98. The van der Waals surface area contributed by atoms with Crippen LogP contribution in [0.3, 0.4) is 0 Å². The SMILES string of the molecule is CCN(CCN)c1cccc(O)c1. The van der Waals surface area contributed by atoms with E-state index in [0.29, 0.717) is 12.3 Å². The zero-order valence-corrected chi connectivity index (χ0v) is 7.90. The summed E-state index contributed by atoms with van der Waals surface area (Å²) in [6.07, 6.45) is 0. The topological polar surface area (TPSA) is 49.5 Å². The zero-order chi connectivity index (χ0) is 9.68. The van der Waals surface area contributed by atoms with E-state index in [1.54, 1.807) is 12.1 Å². The number of likely N-dealkylation sites (N-methyl/N-ethyl adjacent to an activating group) is 1. The van der Waals surface area contributed by atoms with Crippen molar-refractivity contribution in [1.82, 2.24) is 0 Å². The third kappa shape index (κ3) is 2.63. The van der Waals surface area contributed by atoms with Crippen LogP contribution in [0.2, 0.25) is 0 Å². The molecule has 0 atom stereocenters. The largest absolute Gasteiger partial charge is 0.508 e. The smallest absolute Gasteiger partial charge is 0.117 e. The van der Waals surface area contributed by atoms with Gasteiger partial charge in [-0.05, 0) is 19.1 Å². The molecule has 0 fully saturated rings. The molecule has 3 N–H and O–H groups in total. The second kappa shape index (κ2) is 4.72. The second-order valence-corrected chi connectivity index (χ2v) is 2.89. The number of phenols is 1. The van der Waals surface area contributed by atoms with Gasteiger partial charge in [0, 0.05) is 31.4 Å². The minimum absolute atomic E-state index is 0.299. The lowest BCUT2D eigenvalue weighted by molar-refractivity contribution is 0.475. The van der Waals surface area contributed by atoms with Crippen LogP contribution >= 0.6 is 0 Å². The van der Waals surface area contributed by atoms with Gasteiger partial charge in [0.25, 0.3) is 0 Å². The second-order valence-electron chi connectivity index (χ2n) is 2.89. The molecule has 1 rings (SSSR count). The normalized spacial score (nSPS) is 10.0. The van der Waals surface area contributed by atoms with Gasteiger partial charge in [-0.1, -0.05) is 6.07 Å². The van der Waals surface area contributed by atoms with E-state index in [1.165, 1.54) is 0 Å². The highest BCUT2D eigenvalue weighted by atomic mass is 16.3. The highest BCUT2D eigenvalue weighted by Crippen LogP contribution is 2.19. The van der Waals surface area contributed by atoms with Crippen LogP contribution in [0.1, 0.15) is 6.92 Å². The van der Waals surface area contributed by atoms with Gasteiger partial charge in [-0.2, -0.15) is 0 Å². The van der Waals surface area contributed by atoms with Crippen LogP contribution in [-0.4, -0.2) is 24.7 Å². The van der Waals surface area contributed by atoms with E-state index >= 15 is 0 Å². The first-order valence-electron chi connectivity index (χ1n) is 4.52. The van der Waals surface area contributed by atoms with Gasteiger partial charge in [-0.25, -0.2) is 0 Å². The van der Waals surface area contributed by atoms with E-state index in [1.807, 2.05) is 12.1 Å². The van der Waals surface area contributed by atoms with Crippen molar-refractivity contribution in [1.29, 1.82) is 0 Å². The summed E-state index contributed by atoms with van der Waals surface area (Å²) in [4.78, 5) is 2.12. The molecule has 1 aromatic carbocycles. The first kappa shape index (κ1) is 9.86. The number of hydrogen-bond donors (Lipinski definition) is 2. The predicted molar refractivity (Wildman–Crippen MR) is 55.0 cm³/mol. The van der Waals surface area contributed by atoms with Crippen molar-refractivity contribution in [2.45, 2.75) is 6.92 Å². The van der Waals surface area contributed by atoms with Gasteiger partial charge < -0.3 is 15.7 Å². The van der Waals surface area contributed by atoms with Gasteiger partial charge in [0.2, 0.25) is 0 Å². The van der Waals surface area contributed by atoms with Crippen LogP contribution in [-0.2, 0) is 0 Å². The summed E-state index contributed by atoms with van der Waals surface area (Å²) in [6, 6.07) is 7.22. The monoisotopic (exact) mass is 180 g/mol. The molecule has 3 nitrogen and oxygen atoms in total. The van der Waals surface area contributed by atoms with Crippen molar-refractivity contribution in [3.8, 4) is 5.75 Å². The van der Waals surface area contributed by atoms with Crippen molar-refractivity contribution >= 4 is 5.69 Å². The van der Waals surface area contributed by atoms with E-state index in [0.717, 1.165) is 18.8 Å². The standard InChI is InChI=1S/C10H16N2O/c1-2-12(7-6-11)9-4-3-5-10(13)8-9/h3-5,8,13H,2,6-7,11H2,1H3. The maximum absolute atomic E-state index is 9.27. The minimum Gasteiger partial charge on any atom is -0.508 e. The molecule has 0 bridgehead atoms. The Morgan fingerprint density at radius 1 is 1.46 bits per heavy atom. The Kier molecular flexibility index (Phi) is 3.58. The summed E-state index contributed by atoms with van der Waals surface area (Å²) in [7, 11) is 0. The molecule has 0 aliphatic carbocycles. The van der Waals surface area contributed by atoms with E-state index in [-0.39, 0.29) is 0 Å². The third-order valence-corrected chi connectivity index (χ3v) is 1.98. The number of benzene rings is 1. The summed E-state index contributed by atoms with van der Waals surface area (Å²) in [5, 5.41) is 9.27. The number of nitrogens with zero attached hydrogens (tertiary/aromatic N) is 1. The Bertz CT molecular complexity index is 263. The summed E-state index contributed by atoms with van der Waals surface area (Å²) < 4.78 is 0. The molecular weight excluding hydrogens is 164 g/mol. The van der Waals surface area contributed by atoms with Gasteiger partial charge in [0.05, 0.1) is 0 Å². The number of aromatic hydroxyl groups is 1. The molecule has 0 unspecified atom stereocenters. The van der Waals surface area contributed by atoms with Gasteiger partial charge >= 0.3 is 0 Å². The zero-order valence-electron chi connectivity index (χ0n) is 7.90. The Morgan fingerprint density at radius 2 is 2.23 bits per heavy atom.